The molecule has 0 saturated heterocycles. The van der Waals surface area contributed by atoms with Crippen LogP contribution < -0.4 is 34.4 Å². The number of aromatic nitrogens is 1. The van der Waals surface area contributed by atoms with E-state index >= 15 is 0 Å². The summed E-state index contributed by atoms with van der Waals surface area (Å²) in [6.45, 7) is 1.77. The maximum absolute atomic E-state index is 14.2. The summed E-state index contributed by atoms with van der Waals surface area (Å²) in [6.07, 6.45) is 1.74. The molecule has 6 rings (SSSR count). The number of hydrogen-bond acceptors (Lipinski definition) is 7. The summed E-state index contributed by atoms with van der Waals surface area (Å²) in [4.78, 5) is 33.2. The van der Waals surface area contributed by atoms with Gasteiger partial charge in [0, 0.05) is 11.3 Å². The SMILES string of the molecule is COc1cccc([C@H]2C(C(=O)Nc3ccccc3)=C(C)N=c3s/c(=C\c4cc(Br)c(OCc5ccccc5F)c(OC)c4)c(=O)n32)c1. The minimum Gasteiger partial charge on any atom is -0.497 e. The van der Waals surface area contributed by atoms with Gasteiger partial charge in [0.2, 0.25) is 0 Å². The standard InChI is InChI=1S/C36H29BrFN3O5S/c1-21-31(34(42)40-25-12-5-4-6-13-25)32(23-11-9-14-26(19-23)44-2)41-35(43)30(47-36(41)39-21)18-22-16-27(37)33(29(17-22)45-3)46-20-24-10-7-8-15-28(24)38/h4-19,32H,20H2,1-3H3,(H,40,42)/b30-18-/t32-/m0/s1. The van der Waals surface area contributed by atoms with Crippen LogP contribution in [0.25, 0.3) is 6.08 Å². The Bertz CT molecular complexity index is 2200. The third kappa shape index (κ3) is 6.63. The van der Waals surface area contributed by atoms with Crippen molar-refractivity contribution in [1.82, 2.24) is 4.57 Å². The van der Waals surface area contributed by atoms with E-state index < -0.39 is 6.04 Å². The van der Waals surface area contributed by atoms with E-state index in [9.17, 15) is 14.0 Å². The molecule has 2 heterocycles. The summed E-state index contributed by atoms with van der Waals surface area (Å²) < 4.78 is 33.7. The first-order valence-electron chi connectivity index (χ1n) is 14.5. The van der Waals surface area contributed by atoms with E-state index in [1.807, 2.05) is 42.5 Å². The second-order valence-corrected chi connectivity index (χ2v) is 12.5. The lowest BCUT2D eigenvalue weighted by Crippen LogP contribution is -2.40. The first-order valence-corrected chi connectivity index (χ1v) is 16.1. The lowest BCUT2D eigenvalue weighted by atomic mass is 9.95. The van der Waals surface area contributed by atoms with Gasteiger partial charge in [-0.05, 0) is 82.5 Å². The molecule has 0 saturated carbocycles. The zero-order chi connectivity index (χ0) is 33.1. The van der Waals surface area contributed by atoms with Gasteiger partial charge in [0.25, 0.3) is 11.5 Å². The summed E-state index contributed by atoms with van der Waals surface area (Å²) >= 11 is 4.77. The van der Waals surface area contributed by atoms with Crippen LogP contribution in [0.4, 0.5) is 10.1 Å². The molecule has 0 unspecified atom stereocenters. The highest BCUT2D eigenvalue weighted by Crippen LogP contribution is 2.38. The number of halogens is 2. The molecule has 0 bridgehead atoms. The lowest BCUT2D eigenvalue weighted by Gasteiger charge is -2.25. The molecule has 1 aromatic heterocycles. The number of amides is 1. The number of carbonyl (C=O) groups excluding carboxylic acids is 1. The highest BCUT2D eigenvalue weighted by molar-refractivity contribution is 9.10. The predicted octanol–water partition coefficient (Wildman–Crippen LogP) is 6.37. The van der Waals surface area contributed by atoms with E-state index in [-0.39, 0.29) is 23.9 Å². The first kappa shape index (κ1) is 32.0. The van der Waals surface area contributed by atoms with Crippen molar-refractivity contribution in [3.63, 3.8) is 0 Å². The number of fused-ring (bicyclic) bond motifs is 1. The second-order valence-electron chi connectivity index (χ2n) is 10.6. The molecule has 1 N–H and O–H groups in total. The lowest BCUT2D eigenvalue weighted by molar-refractivity contribution is -0.113. The third-order valence-corrected chi connectivity index (χ3v) is 9.16. The van der Waals surface area contributed by atoms with Crippen molar-refractivity contribution in [2.24, 2.45) is 4.99 Å². The van der Waals surface area contributed by atoms with Gasteiger partial charge in [0.1, 0.15) is 18.2 Å². The average Bonchev–Trinajstić information content (AvgIpc) is 3.37. The summed E-state index contributed by atoms with van der Waals surface area (Å²) in [7, 11) is 3.08. The molecular weight excluding hydrogens is 685 g/mol. The second kappa shape index (κ2) is 13.8. The van der Waals surface area contributed by atoms with Gasteiger partial charge in [-0.15, -0.1) is 0 Å². The van der Waals surface area contributed by atoms with Crippen LogP contribution in [0.1, 0.15) is 29.7 Å². The molecule has 1 aliphatic heterocycles. The van der Waals surface area contributed by atoms with E-state index in [0.29, 0.717) is 64.7 Å². The van der Waals surface area contributed by atoms with E-state index in [2.05, 4.69) is 21.2 Å². The van der Waals surface area contributed by atoms with Gasteiger partial charge in [-0.3, -0.25) is 14.2 Å². The summed E-state index contributed by atoms with van der Waals surface area (Å²) in [5.41, 5.74) is 2.93. The molecule has 47 heavy (non-hydrogen) atoms. The number of methoxy groups -OCH3 is 2. The van der Waals surface area contributed by atoms with Crippen molar-refractivity contribution >= 4 is 44.9 Å². The first-order chi connectivity index (χ1) is 22.8. The zero-order valence-corrected chi connectivity index (χ0v) is 28.0. The van der Waals surface area contributed by atoms with Gasteiger partial charge < -0.3 is 19.5 Å². The molecule has 4 aromatic carbocycles. The molecule has 0 spiro atoms. The van der Waals surface area contributed by atoms with Crippen LogP contribution in [0.2, 0.25) is 0 Å². The molecular formula is C36H29BrFN3O5S. The van der Waals surface area contributed by atoms with E-state index in [1.54, 1.807) is 67.1 Å². The van der Waals surface area contributed by atoms with Gasteiger partial charge in [-0.1, -0.05) is 59.9 Å². The van der Waals surface area contributed by atoms with Crippen LogP contribution >= 0.6 is 27.3 Å². The van der Waals surface area contributed by atoms with E-state index in [1.165, 1.54) is 24.5 Å². The maximum Gasteiger partial charge on any atom is 0.271 e. The minimum absolute atomic E-state index is 0.00336. The number of nitrogens with one attached hydrogen (secondary N) is 1. The number of nitrogens with zero attached hydrogens (tertiary/aromatic N) is 2. The van der Waals surface area contributed by atoms with Crippen LogP contribution in [0.3, 0.4) is 0 Å². The fraction of sp³-hybridized carbons (Fsp3) is 0.139. The van der Waals surface area contributed by atoms with Gasteiger partial charge in [0.05, 0.1) is 40.5 Å². The molecule has 1 amide bonds. The quantitative estimate of drug-likeness (QED) is 0.192. The van der Waals surface area contributed by atoms with E-state index in [0.717, 1.165) is 0 Å². The van der Waals surface area contributed by atoms with Gasteiger partial charge in [0.15, 0.2) is 16.3 Å². The Morgan fingerprint density at radius 3 is 2.53 bits per heavy atom. The number of hydrogen-bond donors (Lipinski definition) is 1. The molecule has 11 heteroatoms. The highest BCUT2D eigenvalue weighted by atomic mass is 79.9. The zero-order valence-electron chi connectivity index (χ0n) is 25.6. The van der Waals surface area contributed by atoms with Crippen LogP contribution in [0.5, 0.6) is 17.2 Å². The van der Waals surface area contributed by atoms with Crippen molar-refractivity contribution in [2.45, 2.75) is 19.6 Å². The molecule has 0 aliphatic carbocycles. The topological polar surface area (TPSA) is 91.2 Å². The third-order valence-electron chi connectivity index (χ3n) is 7.59. The smallest absolute Gasteiger partial charge is 0.271 e. The van der Waals surface area contributed by atoms with Crippen LogP contribution in [0.15, 0.2) is 117 Å². The molecule has 0 radical (unpaired) electrons. The fourth-order valence-corrected chi connectivity index (χ4v) is 6.96. The van der Waals surface area contributed by atoms with Crippen molar-refractivity contribution in [2.75, 3.05) is 19.5 Å². The Kier molecular flexibility index (Phi) is 9.37. The van der Waals surface area contributed by atoms with Crippen molar-refractivity contribution in [3.8, 4) is 17.2 Å². The largest absolute Gasteiger partial charge is 0.497 e. The molecule has 1 atom stereocenters. The normalized spacial score (nSPS) is 14.3. The number of rotatable bonds is 9. The minimum atomic E-state index is -0.761. The Labute approximate surface area is 282 Å². The number of benzene rings is 4. The number of carbonyl (C=O) groups is 1. The number of allylic oxidation sites excluding steroid dienone is 1. The monoisotopic (exact) mass is 713 g/mol. The molecule has 1 aliphatic rings. The van der Waals surface area contributed by atoms with Crippen molar-refractivity contribution in [3.05, 3.63) is 149 Å². The van der Waals surface area contributed by atoms with E-state index in [4.69, 9.17) is 19.2 Å². The molecule has 0 fully saturated rings. The number of thiazole rings is 1. The van der Waals surface area contributed by atoms with Gasteiger partial charge >= 0.3 is 0 Å². The van der Waals surface area contributed by atoms with Crippen LogP contribution in [-0.2, 0) is 11.4 Å². The molecule has 238 valence electrons. The van der Waals surface area contributed by atoms with Crippen molar-refractivity contribution in [1.29, 1.82) is 0 Å². The van der Waals surface area contributed by atoms with Crippen LogP contribution in [-0.4, -0.2) is 24.7 Å². The summed E-state index contributed by atoms with van der Waals surface area (Å²) in [6, 6.07) is 25.6. The Morgan fingerprint density at radius 2 is 1.79 bits per heavy atom. The van der Waals surface area contributed by atoms with Crippen LogP contribution in [0, 0.1) is 5.82 Å². The molecule has 5 aromatic rings. The van der Waals surface area contributed by atoms with Crippen molar-refractivity contribution < 1.29 is 23.4 Å². The molecule has 8 nitrogen and oxygen atoms in total. The highest BCUT2D eigenvalue weighted by Gasteiger charge is 2.33. The Hall–Kier alpha value is -5.00. The Morgan fingerprint density at radius 1 is 1.02 bits per heavy atom. The number of anilines is 1. The average molecular weight is 715 g/mol. The summed E-state index contributed by atoms with van der Waals surface area (Å²) in [5.74, 6) is 0.671. The number of para-hydroxylation sites is 1. The Balaban J connectivity index is 1.42. The summed E-state index contributed by atoms with van der Waals surface area (Å²) in [5, 5.41) is 2.96. The maximum atomic E-state index is 14.2. The van der Waals surface area contributed by atoms with Gasteiger partial charge in [-0.25, -0.2) is 9.38 Å². The predicted molar refractivity (Wildman–Crippen MR) is 183 cm³/mol. The fourth-order valence-electron chi connectivity index (χ4n) is 5.34. The van der Waals surface area contributed by atoms with Gasteiger partial charge in [-0.2, -0.15) is 0 Å². The number of ether oxygens (including phenoxy) is 3.